The van der Waals surface area contributed by atoms with Crippen molar-refractivity contribution >= 4 is 39.8 Å². The number of thioether (sulfide) groups is 1. The second-order valence-corrected chi connectivity index (χ2v) is 3.54. The maximum Gasteiger partial charge on any atom is 0.286 e. The Morgan fingerprint density at radius 1 is 1.64 bits per heavy atom. The monoisotopic (exact) mass is 193 g/mol. The fourth-order valence-electron chi connectivity index (χ4n) is 0.673. The van der Waals surface area contributed by atoms with Crippen LogP contribution >= 0.6 is 23.4 Å². The molecule has 0 aliphatic carbocycles. The summed E-state index contributed by atoms with van der Waals surface area (Å²) >= 11 is 5.82. The third-order valence-corrected chi connectivity index (χ3v) is 2.25. The van der Waals surface area contributed by atoms with E-state index in [0.717, 1.165) is 11.8 Å². The van der Waals surface area contributed by atoms with Gasteiger partial charge in [0.2, 0.25) is 11.1 Å². The molecule has 1 heterocycles. The first kappa shape index (κ1) is 8.55. The van der Waals surface area contributed by atoms with Gasteiger partial charge < -0.3 is 0 Å². The number of halogens is 1. The Morgan fingerprint density at radius 2 is 2.27 bits per heavy atom. The maximum atomic E-state index is 10.8. The van der Waals surface area contributed by atoms with Crippen molar-refractivity contribution in [2.24, 2.45) is 0 Å². The van der Waals surface area contributed by atoms with E-state index in [0.29, 0.717) is 0 Å². The summed E-state index contributed by atoms with van der Waals surface area (Å²) in [7, 11) is 0. The van der Waals surface area contributed by atoms with Gasteiger partial charge in [0.1, 0.15) is 5.25 Å². The van der Waals surface area contributed by atoms with E-state index in [2.05, 4.69) is 0 Å². The van der Waals surface area contributed by atoms with Crippen molar-refractivity contribution in [3.63, 3.8) is 0 Å². The summed E-state index contributed by atoms with van der Waals surface area (Å²) in [4.78, 5) is 31.6. The predicted octanol–water partition coefficient (Wildman–Crippen LogP) is 0.493. The minimum absolute atomic E-state index is 0.0935. The largest absolute Gasteiger partial charge is 0.286 e. The first-order chi connectivity index (χ1) is 5.09. The zero-order valence-electron chi connectivity index (χ0n) is 5.30. The van der Waals surface area contributed by atoms with Gasteiger partial charge in [0.05, 0.1) is 0 Å². The SMILES string of the molecule is O=C(Cl)C[C@@H]1SC(=O)NC1=O. The molecule has 0 aromatic carbocycles. The van der Waals surface area contributed by atoms with Crippen molar-refractivity contribution in [2.75, 3.05) is 0 Å². The van der Waals surface area contributed by atoms with Gasteiger partial charge in [-0.1, -0.05) is 11.8 Å². The average molecular weight is 194 g/mol. The molecule has 11 heavy (non-hydrogen) atoms. The van der Waals surface area contributed by atoms with Gasteiger partial charge >= 0.3 is 0 Å². The van der Waals surface area contributed by atoms with Gasteiger partial charge in [0.15, 0.2) is 0 Å². The standard InChI is InChI=1S/C5H4ClNO3S/c6-3(8)1-2-4(9)7-5(10)11-2/h2H,1H2,(H,7,9,10)/t2-/m0/s1. The summed E-state index contributed by atoms with van der Waals surface area (Å²) in [6, 6.07) is 0. The van der Waals surface area contributed by atoms with Gasteiger partial charge in [-0.15, -0.1) is 0 Å². The highest BCUT2D eigenvalue weighted by Gasteiger charge is 2.32. The predicted molar refractivity (Wildman–Crippen MR) is 40.4 cm³/mol. The summed E-state index contributed by atoms with van der Waals surface area (Å²) in [5, 5.41) is 0.392. The molecule has 0 saturated carbocycles. The fraction of sp³-hybridized carbons (Fsp3) is 0.400. The number of rotatable bonds is 2. The smallest absolute Gasteiger partial charge is 0.286 e. The molecule has 0 spiro atoms. The van der Waals surface area contributed by atoms with Gasteiger partial charge in [-0.05, 0) is 11.6 Å². The Hall–Kier alpha value is -0.550. The van der Waals surface area contributed by atoms with E-state index < -0.39 is 21.6 Å². The third kappa shape index (κ3) is 2.20. The molecule has 0 radical (unpaired) electrons. The molecular weight excluding hydrogens is 190 g/mol. The molecule has 1 rings (SSSR count). The number of amides is 2. The Labute approximate surface area is 71.7 Å². The average Bonchev–Trinajstić information content (AvgIpc) is 2.09. The van der Waals surface area contributed by atoms with Crippen LogP contribution in [0.1, 0.15) is 6.42 Å². The van der Waals surface area contributed by atoms with Crippen LogP contribution in [0.5, 0.6) is 0 Å². The molecule has 1 saturated heterocycles. The summed E-state index contributed by atoms with van der Waals surface area (Å²) in [6.45, 7) is 0. The second-order valence-electron chi connectivity index (χ2n) is 1.94. The molecule has 1 fully saturated rings. The zero-order chi connectivity index (χ0) is 8.43. The molecule has 6 heteroatoms. The highest BCUT2D eigenvalue weighted by Crippen LogP contribution is 2.22. The Morgan fingerprint density at radius 3 is 2.64 bits per heavy atom. The molecule has 60 valence electrons. The van der Waals surface area contributed by atoms with Crippen LogP contribution in [-0.4, -0.2) is 21.6 Å². The van der Waals surface area contributed by atoms with Crippen LogP contribution < -0.4 is 5.32 Å². The summed E-state index contributed by atoms with van der Waals surface area (Å²) in [6.07, 6.45) is -0.0935. The van der Waals surface area contributed by atoms with Crippen LogP contribution in [0, 0.1) is 0 Å². The number of imide groups is 1. The van der Waals surface area contributed by atoms with Gasteiger partial charge in [-0.2, -0.15) is 0 Å². The van der Waals surface area contributed by atoms with Crippen molar-refractivity contribution in [1.29, 1.82) is 0 Å². The van der Waals surface area contributed by atoms with Crippen molar-refractivity contribution in [1.82, 2.24) is 5.32 Å². The van der Waals surface area contributed by atoms with E-state index in [1.807, 2.05) is 5.32 Å². The number of carbonyl (C=O) groups excluding carboxylic acids is 3. The zero-order valence-corrected chi connectivity index (χ0v) is 6.87. The van der Waals surface area contributed by atoms with E-state index in [1.165, 1.54) is 0 Å². The quantitative estimate of drug-likeness (QED) is 0.649. The lowest BCUT2D eigenvalue weighted by atomic mass is 10.3. The fourth-order valence-corrected chi connectivity index (χ4v) is 1.74. The van der Waals surface area contributed by atoms with Crippen LogP contribution in [0.3, 0.4) is 0 Å². The second kappa shape index (κ2) is 3.23. The molecule has 4 nitrogen and oxygen atoms in total. The van der Waals surface area contributed by atoms with Crippen molar-refractivity contribution in [3.05, 3.63) is 0 Å². The van der Waals surface area contributed by atoms with Crippen LogP contribution in [-0.2, 0) is 9.59 Å². The topological polar surface area (TPSA) is 63.2 Å². The third-order valence-electron chi connectivity index (χ3n) is 1.11. The molecule has 0 bridgehead atoms. The molecule has 1 N–H and O–H groups in total. The number of nitrogens with one attached hydrogen (secondary N) is 1. The van der Waals surface area contributed by atoms with Gasteiger partial charge in [-0.25, -0.2) is 0 Å². The lowest BCUT2D eigenvalue weighted by Crippen LogP contribution is -2.25. The Kier molecular flexibility index (Phi) is 2.51. The van der Waals surface area contributed by atoms with Gasteiger partial charge in [0.25, 0.3) is 5.24 Å². The minimum Gasteiger partial charge on any atom is -0.286 e. The van der Waals surface area contributed by atoms with E-state index in [9.17, 15) is 14.4 Å². The van der Waals surface area contributed by atoms with E-state index in [1.54, 1.807) is 0 Å². The van der Waals surface area contributed by atoms with Gasteiger partial charge in [-0.3, -0.25) is 19.7 Å². The van der Waals surface area contributed by atoms with Crippen LogP contribution in [0.15, 0.2) is 0 Å². The molecule has 1 aliphatic rings. The maximum absolute atomic E-state index is 10.8. The van der Waals surface area contributed by atoms with E-state index in [-0.39, 0.29) is 6.42 Å². The summed E-state index contributed by atoms with van der Waals surface area (Å²) < 4.78 is 0. The van der Waals surface area contributed by atoms with Crippen LogP contribution in [0.2, 0.25) is 0 Å². The molecule has 0 aromatic heterocycles. The molecule has 0 unspecified atom stereocenters. The van der Waals surface area contributed by atoms with Crippen molar-refractivity contribution in [3.8, 4) is 0 Å². The van der Waals surface area contributed by atoms with E-state index in [4.69, 9.17) is 11.6 Å². The number of hydrogen-bond donors (Lipinski definition) is 1. The lowest BCUT2D eigenvalue weighted by molar-refractivity contribution is -0.121. The first-order valence-electron chi connectivity index (χ1n) is 2.79. The first-order valence-corrected chi connectivity index (χ1v) is 4.05. The number of hydrogen-bond acceptors (Lipinski definition) is 4. The van der Waals surface area contributed by atoms with Crippen LogP contribution in [0.4, 0.5) is 4.79 Å². The molecule has 1 aliphatic heterocycles. The van der Waals surface area contributed by atoms with Crippen molar-refractivity contribution < 1.29 is 14.4 Å². The van der Waals surface area contributed by atoms with Crippen LogP contribution in [0.25, 0.3) is 0 Å². The molecular formula is C5H4ClNO3S. The normalized spacial score (nSPS) is 23.5. The molecule has 2 amide bonds. The van der Waals surface area contributed by atoms with Crippen molar-refractivity contribution in [2.45, 2.75) is 11.7 Å². The summed E-state index contributed by atoms with van der Waals surface area (Å²) in [5.74, 6) is -0.436. The highest BCUT2D eigenvalue weighted by atomic mass is 35.5. The Balaban J connectivity index is 2.53. The summed E-state index contributed by atoms with van der Waals surface area (Å²) in [5.41, 5.74) is 0. The van der Waals surface area contributed by atoms with Gasteiger partial charge in [0, 0.05) is 6.42 Å². The Bertz CT molecular complexity index is 230. The molecule has 0 aromatic rings. The lowest BCUT2D eigenvalue weighted by Gasteiger charge is -1.97. The van der Waals surface area contributed by atoms with E-state index >= 15 is 0 Å². The highest BCUT2D eigenvalue weighted by molar-refractivity contribution is 8.15. The minimum atomic E-state index is -0.632. The number of carbonyl (C=O) groups is 3. The molecule has 1 atom stereocenters.